The fourth-order valence-electron chi connectivity index (χ4n) is 3.03. The molecule has 10 heteroatoms. The number of ether oxygens (including phenoxy) is 1. The summed E-state index contributed by atoms with van der Waals surface area (Å²) < 4.78 is 18.3. The largest absolute Gasteiger partial charge is 0.495 e. The zero-order valence-corrected chi connectivity index (χ0v) is 18.6. The third kappa shape index (κ3) is 4.53. The van der Waals surface area contributed by atoms with E-state index in [0.29, 0.717) is 38.7 Å². The molecular formula is C22H17ClFN5O2S. The lowest BCUT2D eigenvalue weighted by molar-refractivity contribution is 0.0977. The molecule has 0 bridgehead atoms. The lowest BCUT2D eigenvalue weighted by atomic mass is 10.2. The van der Waals surface area contributed by atoms with E-state index in [1.54, 1.807) is 30.3 Å². The Balaban J connectivity index is 1.51. The van der Waals surface area contributed by atoms with Crippen LogP contribution in [0.1, 0.15) is 15.9 Å². The van der Waals surface area contributed by atoms with Crippen LogP contribution in [0.5, 0.6) is 5.75 Å². The van der Waals surface area contributed by atoms with Crippen molar-refractivity contribution in [1.82, 2.24) is 20.3 Å². The Kier molecular flexibility index (Phi) is 6.02. The van der Waals surface area contributed by atoms with Crippen LogP contribution in [0.25, 0.3) is 16.7 Å². The van der Waals surface area contributed by atoms with Gasteiger partial charge < -0.3 is 10.1 Å². The highest BCUT2D eigenvalue weighted by Gasteiger charge is 2.13. The number of carbonyl (C=O) groups excluding carboxylic acids is 1. The van der Waals surface area contributed by atoms with E-state index in [4.69, 9.17) is 28.6 Å². The van der Waals surface area contributed by atoms with Crippen molar-refractivity contribution in [3.8, 4) is 11.4 Å². The SMILES string of the molecule is COc1ccc(C(=O)NC(=S)Nc2cc3nn(-c4ccc(F)cc4)nc3cc2C)cc1Cl. The lowest BCUT2D eigenvalue weighted by Crippen LogP contribution is -2.34. The summed E-state index contributed by atoms with van der Waals surface area (Å²) in [5.41, 5.74) is 3.78. The molecule has 1 aromatic heterocycles. The molecule has 1 heterocycles. The average molecular weight is 470 g/mol. The second kappa shape index (κ2) is 8.89. The number of nitrogens with one attached hydrogen (secondary N) is 2. The molecule has 3 aromatic carbocycles. The Morgan fingerprint density at radius 1 is 1.09 bits per heavy atom. The normalized spacial score (nSPS) is 10.8. The van der Waals surface area contributed by atoms with Gasteiger partial charge in [-0.3, -0.25) is 10.1 Å². The van der Waals surface area contributed by atoms with Crippen LogP contribution in [-0.4, -0.2) is 33.1 Å². The fourth-order valence-corrected chi connectivity index (χ4v) is 3.49. The molecule has 4 aromatic rings. The van der Waals surface area contributed by atoms with Gasteiger partial charge in [0, 0.05) is 11.3 Å². The minimum atomic E-state index is -0.409. The van der Waals surface area contributed by atoms with Crippen LogP contribution in [0.15, 0.2) is 54.6 Å². The first-order chi connectivity index (χ1) is 15.3. The summed E-state index contributed by atoms with van der Waals surface area (Å²) in [5, 5.41) is 15.0. The maximum atomic E-state index is 13.2. The molecule has 0 unspecified atom stereocenters. The van der Waals surface area contributed by atoms with E-state index < -0.39 is 5.91 Å². The van der Waals surface area contributed by atoms with E-state index in [2.05, 4.69) is 20.8 Å². The maximum Gasteiger partial charge on any atom is 0.257 e. The zero-order chi connectivity index (χ0) is 22.8. The molecule has 0 spiro atoms. The third-order valence-corrected chi connectivity index (χ3v) is 5.17. The number of amides is 1. The van der Waals surface area contributed by atoms with Crippen molar-refractivity contribution < 1.29 is 13.9 Å². The summed E-state index contributed by atoms with van der Waals surface area (Å²) in [6, 6.07) is 14.2. The summed E-state index contributed by atoms with van der Waals surface area (Å²) in [6.45, 7) is 1.88. The summed E-state index contributed by atoms with van der Waals surface area (Å²) in [6.07, 6.45) is 0. The van der Waals surface area contributed by atoms with Gasteiger partial charge in [-0.2, -0.15) is 4.80 Å². The molecule has 0 aliphatic rings. The summed E-state index contributed by atoms with van der Waals surface area (Å²) in [5.74, 6) is -0.269. The molecule has 162 valence electrons. The minimum Gasteiger partial charge on any atom is -0.495 e. The first kappa shape index (κ1) is 21.7. The molecule has 0 radical (unpaired) electrons. The molecule has 0 aliphatic heterocycles. The van der Waals surface area contributed by atoms with Gasteiger partial charge in [-0.25, -0.2) is 4.39 Å². The quantitative estimate of drug-likeness (QED) is 0.423. The van der Waals surface area contributed by atoms with Gasteiger partial charge >= 0.3 is 0 Å². The van der Waals surface area contributed by atoms with Gasteiger partial charge in [0.25, 0.3) is 5.91 Å². The van der Waals surface area contributed by atoms with Gasteiger partial charge in [0.1, 0.15) is 22.6 Å². The van der Waals surface area contributed by atoms with Crippen LogP contribution >= 0.6 is 23.8 Å². The molecule has 0 atom stereocenters. The van der Waals surface area contributed by atoms with E-state index in [1.807, 2.05) is 13.0 Å². The van der Waals surface area contributed by atoms with Crippen molar-refractivity contribution in [1.29, 1.82) is 0 Å². The van der Waals surface area contributed by atoms with Crippen LogP contribution < -0.4 is 15.4 Å². The van der Waals surface area contributed by atoms with E-state index >= 15 is 0 Å². The van der Waals surface area contributed by atoms with Crippen LogP contribution in [-0.2, 0) is 0 Å². The van der Waals surface area contributed by atoms with Gasteiger partial charge in [0.2, 0.25) is 0 Å². The first-order valence-corrected chi connectivity index (χ1v) is 10.2. The van der Waals surface area contributed by atoms with Crippen LogP contribution in [0.4, 0.5) is 10.1 Å². The van der Waals surface area contributed by atoms with Crippen LogP contribution in [0, 0.1) is 12.7 Å². The number of halogens is 2. The Labute approximate surface area is 193 Å². The number of methoxy groups -OCH3 is 1. The topological polar surface area (TPSA) is 81.1 Å². The van der Waals surface area contributed by atoms with Crippen molar-refractivity contribution in [2.45, 2.75) is 6.92 Å². The molecular weight excluding hydrogens is 453 g/mol. The lowest BCUT2D eigenvalue weighted by Gasteiger charge is -2.12. The predicted molar refractivity (Wildman–Crippen MR) is 125 cm³/mol. The number of fused-ring (bicyclic) bond motifs is 1. The number of nitrogens with zero attached hydrogens (tertiary/aromatic N) is 3. The number of hydrogen-bond acceptors (Lipinski definition) is 5. The second-order valence-corrected chi connectivity index (χ2v) is 7.69. The third-order valence-electron chi connectivity index (χ3n) is 4.67. The molecule has 0 aliphatic carbocycles. The zero-order valence-electron chi connectivity index (χ0n) is 17.0. The minimum absolute atomic E-state index is 0.121. The van der Waals surface area contributed by atoms with Crippen molar-refractivity contribution in [3.05, 3.63) is 76.6 Å². The molecule has 2 N–H and O–H groups in total. The van der Waals surface area contributed by atoms with E-state index in [1.165, 1.54) is 30.1 Å². The highest BCUT2D eigenvalue weighted by atomic mass is 35.5. The van der Waals surface area contributed by atoms with Crippen molar-refractivity contribution in [2.24, 2.45) is 0 Å². The highest BCUT2D eigenvalue weighted by Crippen LogP contribution is 2.25. The number of benzene rings is 3. The van der Waals surface area contributed by atoms with E-state index in [9.17, 15) is 9.18 Å². The van der Waals surface area contributed by atoms with Gasteiger partial charge in [0.05, 0.1) is 17.8 Å². The standard InChI is InChI=1S/C22H17ClFN5O2S/c1-12-9-18-19(28-29(27-18)15-6-4-14(24)5-7-15)11-17(12)25-22(32)26-21(30)13-3-8-20(31-2)16(23)10-13/h3-11H,1-2H3,(H2,25,26,30,32). The predicted octanol–water partition coefficient (Wildman–Crippen LogP) is 4.66. The van der Waals surface area contributed by atoms with Crippen molar-refractivity contribution in [3.63, 3.8) is 0 Å². The van der Waals surface area contributed by atoms with Gasteiger partial charge in [-0.15, -0.1) is 10.2 Å². The van der Waals surface area contributed by atoms with Crippen LogP contribution in [0.3, 0.4) is 0 Å². The Morgan fingerprint density at radius 2 is 1.78 bits per heavy atom. The number of rotatable bonds is 4. The van der Waals surface area contributed by atoms with E-state index in [0.717, 1.165) is 5.56 Å². The number of anilines is 1. The van der Waals surface area contributed by atoms with Crippen molar-refractivity contribution in [2.75, 3.05) is 12.4 Å². The molecule has 0 saturated carbocycles. The molecule has 32 heavy (non-hydrogen) atoms. The molecule has 4 rings (SSSR count). The second-order valence-electron chi connectivity index (χ2n) is 6.88. The molecule has 0 fully saturated rings. The number of thiocarbonyl (C=S) groups is 1. The maximum absolute atomic E-state index is 13.2. The van der Waals surface area contributed by atoms with Crippen molar-refractivity contribution >= 4 is 51.6 Å². The van der Waals surface area contributed by atoms with E-state index in [-0.39, 0.29) is 10.9 Å². The van der Waals surface area contributed by atoms with Gasteiger partial charge in [-0.05, 0) is 79.3 Å². The Morgan fingerprint density at radius 3 is 2.44 bits per heavy atom. The first-order valence-electron chi connectivity index (χ1n) is 9.43. The number of aromatic nitrogens is 3. The fraction of sp³-hybridized carbons (Fsp3) is 0.0909. The summed E-state index contributed by atoms with van der Waals surface area (Å²) >= 11 is 11.4. The number of carbonyl (C=O) groups is 1. The molecule has 7 nitrogen and oxygen atoms in total. The summed E-state index contributed by atoms with van der Waals surface area (Å²) in [7, 11) is 1.50. The van der Waals surface area contributed by atoms with Crippen LogP contribution in [0.2, 0.25) is 5.02 Å². The summed E-state index contributed by atoms with van der Waals surface area (Å²) in [4.78, 5) is 13.9. The monoisotopic (exact) mass is 469 g/mol. The number of aryl methyl sites for hydroxylation is 1. The Bertz CT molecular complexity index is 1340. The highest BCUT2D eigenvalue weighted by molar-refractivity contribution is 7.80. The van der Waals surface area contributed by atoms with Gasteiger partial charge in [0.15, 0.2) is 5.11 Å². The molecule has 1 amide bonds. The smallest absolute Gasteiger partial charge is 0.257 e. The Hall–Kier alpha value is -3.56. The number of hydrogen-bond donors (Lipinski definition) is 2. The molecule has 0 saturated heterocycles. The average Bonchev–Trinajstić information content (AvgIpc) is 3.17. The van der Waals surface area contributed by atoms with Gasteiger partial charge in [-0.1, -0.05) is 11.6 Å².